The zero-order chi connectivity index (χ0) is 23.6. The van der Waals surface area contributed by atoms with Crippen LogP contribution in [0.2, 0.25) is 5.02 Å². The lowest BCUT2D eigenvalue weighted by molar-refractivity contribution is -0.136. The number of amides is 2. The first-order valence-corrected chi connectivity index (χ1v) is 13.0. The molecule has 1 aromatic carbocycles. The third-order valence-corrected chi connectivity index (χ3v) is 8.17. The molecule has 2 aliphatic heterocycles. The van der Waals surface area contributed by atoms with Gasteiger partial charge in [0.2, 0.25) is 11.8 Å². The van der Waals surface area contributed by atoms with Crippen LogP contribution >= 0.6 is 23.2 Å². The molecule has 0 bridgehead atoms. The molecule has 33 heavy (non-hydrogen) atoms. The summed E-state index contributed by atoms with van der Waals surface area (Å²) >= 11 is 11.7. The summed E-state index contributed by atoms with van der Waals surface area (Å²) in [6.45, 7) is 6.35. The summed E-state index contributed by atoms with van der Waals surface area (Å²) < 4.78 is 5.94. The van der Waals surface area contributed by atoms with E-state index in [4.69, 9.17) is 27.9 Å². The third kappa shape index (κ3) is 5.60. The van der Waals surface area contributed by atoms with Crippen molar-refractivity contribution in [2.75, 3.05) is 30.8 Å². The third-order valence-electron chi connectivity index (χ3n) is 7.68. The van der Waals surface area contributed by atoms with Gasteiger partial charge in [-0.05, 0) is 75.1 Å². The maximum Gasteiger partial charge on any atom is 0.245 e. The number of halogens is 2. The molecule has 6 nitrogen and oxygen atoms in total. The molecule has 1 aliphatic carbocycles. The predicted molar refractivity (Wildman–Crippen MR) is 132 cm³/mol. The van der Waals surface area contributed by atoms with Crippen LogP contribution in [-0.4, -0.2) is 60.0 Å². The molecule has 2 heterocycles. The van der Waals surface area contributed by atoms with Crippen molar-refractivity contribution in [2.45, 2.75) is 70.1 Å². The summed E-state index contributed by atoms with van der Waals surface area (Å²) in [6, 6.07) is 7.50. The topological polar surface area (TPSA) is 70.7 Å². The Morgan fingerprint density at radius 2 is 1.67 bits per heavy atom. The van der Waals surface area contributed by atoms with Gasteiger partial charge in [-0.1, -0.05) is 11.6 Å². The quantitative estimate of drug-likeness (QED) is 0.571. The molecule has 2 unspecified atom stereocenters. The van der Waals surface area contributed by atoms with Gasteiger partial charge in [0.15, 0.2) is 0 Å². The van der Waals surface area contributed by atoms with Gasteiger partial charge in [-0.3, -0.25) is 9.59 Å². The molecule has 182 valence electrons. The number of likely N-dealkylation sites (tertiary alicyclic amines) is 1. The Kier molecular flexibility index (Phi) is 7.47. The second-order valence-electron chi connectivity index (χ2n) is 10.4. The van der Waals surface area contributed by atoms with Crippen molar-refractivity contribution in [3.05, 3.63) is 29.3 Å². The summed E-state index contributed by atoms with van der Waals surface area (Å²) in [4.78, 5) is 27.2. The average molecular weight is 496 g/mol. The highest BCUT2D eigenvalue weighted by atomic mass is 35.5. The SMILES string of the molecule is CC1CC(Nc2ccc(Cl)cc2)(C(=O)NCC2CC3(CCN(C(=O)CCl)CC3)C2)CC(C)O1. The fraction of sp³-hybridized carbons (Fsp3) is 0.680. The molecule has 2 saturated heterocycles. The van der Waals surface area contributed by atoms with Gasteiger partial charge in [0.05, 0.1) is 12.2 Å². The maximum atomic E-state index is 13.5. The summed E-state index contributed by atoms with van der Waals surface area (Å²) in [5.41, 5.74) is 0.510. The highest BCUT2D eigenvalue weighted by Crippen LogP contribution is 2.52. The number of nitrogens with one attached hydrogen (secondary N) is 2. The van der Waals surface area contributed by atoms with Crippen LogP contribution in [0.15, 0.2) is 24.3 Å². The van der Waals surface area contributed by atoms with Crippen LogP contribution in [0, 0.1) is 11.3 Å². The molecule has 4 rings (SSSR count). The molecule has 1 saturated carbocycles. The van der Waals surface area contributed by atoms with Crippen LogP contribution in [0.4, 0.5) is 5.69 Å². The monoisotopic (exact) mass is 495 g/mol. The minimum Gasteiger partial charge on any atom is -0.375 e. The maximum absolute atomic E-state index is 13.5. The number of hydrogen-bond acceptors (Lipinski definition) is 4. The molecule has 0 aromatic heterocycles. The highest BCUT2D eigenvalue weighted by molar-refractivity contribution is 6.30. The molecular formula is C25H35Cl2N3O3. The van der Waals surface area contributed by atoms with E-state index in [1.54, 1.807) is 0 Å². The van der Waals surface area contributed by atoms with Crippen molar-refractivity contribution >= 4 is 40.7 Å². The van der Waals surface area contributed by atoms with E-state index in [-0.39, 0.29) is 29.9 Å². The van der Waals surface area contributed by atoms with Gasteiger partial charge < -0.3 is 20.3 Å². The number of alkyl halides is 1. The van der Waals surface area contributed by atoms with Gasteiger partial charge in [0.1, 0.15) is 11.4 Å². The van der Waals surface area contributed by atoms with E-state index >= 15 is 0 Å². The van der Waals surface area contributed by atoms with Crippen molar-refractivity contribution in [1.82, 2.24) is 10.2 Å². The fourth-order valence-electron chi connectivity index (χ4n) is 6.15. The predicted octanol–water partition coefficient (Wildman–Crippen LogP) is 4.45. The number of carbonyl (C=O) groups excluding carboxylic acids is 2. The lowest BCUT2D eigenvalue weighted by Gasteiger charge is -2.52. The van der Waals surface area contributed by atoms with Crippen LogP contribution in [0.3, 0.4) is 0 Å². The normalized spacial score (nSPS) is 29.4. The molecule has 3 aliphatic rings. The lowest BCUT2D eigenvalue weighted by atomic mass is 9.57. The Balaban J connectivity index is 1.33. The van der Waals surface area contributed by atoms with Gasteiger partial charge in [-0.2, -0.15) is 0 Å². The summed E-state index contributed by atoms with van der Waals surface area (Å²) in [7, 11) is 0. The number of hydrogen-bond donors (Lipinski definition) is 2. The van der Waals surface area contributed by atoms with Crippen LogP contribution in [0.1, 0.15) is 52.4 Å². The number of carbonyl (C=O) groups is 2. The van der Waals surface area contributed by atoms with E-state index in [0.29, 0.717) is 35.7 Å². The smallest absolute Gasteiger partial charge is 0.245 e. The Morgan fingerprint density at radius 1 is 1.06 bits per heavy atom. The Labute approximate surface area is 206 Å². The zero-order valence-electron chi connectivity index (χ0n) is 19.5. The first-order valence-electron chi connectivity index (χ1n) is 12.0. The van der Waals surface area contributed by atoms with Crippen molar-refractivity contribution in [1.29, 1.82) is 0 Å². The van der Waals surface area contributed by atoms with E-state index in [1.165, 1.54) is 0 Å². The standard InChI is InChI=1S/C25H35Cl2N3O3/c1-17-11-25(12-18(2)33-17,29-21-5-3-20(27)4-6-21)23(32)28-16-19-13-24(14-19)7-9-30(10-8-24)22(31)15-26/h3-6,17-19,29H,7-16H2,1-2H3,(H,28,32). The Morgan fingerprint density at radius 3 is 2.24 bits per heavy atom. The fourth-order valence-corrected chi connectivity index (χ4v) is 6.45. The number of benzene rings is 1. The van der Waals surface area contributed by atoms with Crippen molar-refractivity contribution in [3.63, 3.8) is 0 Å². The minimum absolute atomic E-state index is 0.00726. The second-order valence-corrected chi connectivity index (χ2v) is 11.1. The van der Waals surface area contributed by atoms with E-state index in [2.05, 4.69) is 10.6 Å². The van der Waals surface area contributed by atoms with Gasteiger partial charge in [0.25, 0.3) is 0 Å². The Hall–Kier alpha value is -1.50. The number of ether oxygens (including phenoxy) is 1. The van der Waals surface area contributed by atoms with Gasteiger partial charge >= 0.3 is 0 Å². The summed E-state index contributed by atoms with van der Waals surface area (Å²) in [6.07, 6.45) is 5.52. The van der Waals surface area contributed by atoms with Crippen LogP contribution in [-0.2, 0) is 14.3 Å². The van der Waals surface area contributed by atoms with Crippen molar-refractivity contribution < 1.29 is 14.3 Å². The molecule has 0 radical (unpaired) electrons. The van der Waals surface area contributed by atoms with E-state index in [1.807, 2.05) is 43.0 Å². The number of nitrogens with zero attached hydrogens (tertiary/aromatic N) is 1. The molecule has 2 N–H and O–H groups in total. The molecule has 1 spiro atoms. The van der Waals surface area contributed by atoms with Crippen molar-refractivity contribution in [3.8, 4) is 0 Å². The van der Waals surface area contributed by atoms with E-state index in [0.717, 1.165) is 44.5 Å². The molecular weight excluding hydrogens is 461 g/mol. The molecule has 2 amide bonds. The van der Waals surface area contributed by atoms with Gasteiger partial charge in [0, 0.05) is 43.2 Å². The molecule has 3 fully saturated rings. The lowest BCUT2D eigenvalue weighted by Crippen LogP contribution is -2.60. The summed E-state index contributed by atoms with van der Waals surface area (Å²) in [5, 5.41) is 7.45. The molecule has 1 aromatic rings. The summed E-state index contributed by atoms with van der Waals surface area (Å²) in [5.74, 6) is 0.637. The average Bonchev–Trinajstić information content (AvgIpc) is 2.76. The van der Waals surface area contributed by atoms with Gasteiger partial charge in [-0.15, -0.1) is 11.6 Å². The molecule has 8 heteroatoms. The highest BCUT2D eigenvalue weighted by Gasteiger charge is 2.48. The van der Waals surface area contributed by atoms with E-state index in [9.17, 15) is 9.59 Å². The number of anilines is 1. The number of rotatable bonds is 6. The first-order chi connectivity index (χ1) is 15.7. The minimum atomic E-state index is -0.709. The zero-order valence-corrected chi connectivity index (χ0v) is 21.1. The van der Waals surface area contributed by atoms with Crippen LogP contribution < -0.4 is 10.6 Å². The number of piperidine rings is 1. The first kappa shape index (κ1) is 24.6. The second kappa shape index (κ2) is 10.0. The molecule has 2 atom stereocenters. The Bertz CT molecular complexity index is 837. The van der Waals surface area contributed by atoms with Crippen molar-refractivity contribution in [2.24, 2.45) is 11.3 Å². The van der Waals surface area contributed by atoms with Crippen LogP contribution in [0.5, 0.6) is 0 Å². The van der Waals surface area contributed by atoms with Crippen LogP contribution in [0.25, 0.3) is 0 Å². The van der Waals surface area contributed by atoms with E-state index < -0.39 is 5.54 Å². The van der Waals surface area contributed by atoms with Gasteiger partial charge in [-0.25, -0.2) is 0 Å². The largest absolute Gasteiger partial charge is 0.375 e.